The maximum absolute atomic E-state index is 13.6. The molecule has 2 aromatic rings. The summed E-state index contributed by atoms with van der Waals surface area (Å²) in [5.41, 5.74) is 0.143. The van der Waals surface area contributed by atoms with E-state index in [1.54, 1.807) is 6.07 Å². The molecule has 2 aromatic carbocycles. The molecule has 27 heavy (non-hydrogen) atoms. The highest BCUT2D eigenvalue weighted by Crippen LogP contribution is 2.38. The predicted molar refractivity (Wildman–Crippen MR) is 94.1 cm³/mol. The Morgan fingerprint density at radius 3 is 2.48 bits per heavy atom. The van der Waals surface area contributed by atoms with E-state index in [2.05, 4.69) is 5.32 Å². The quantitative estimate of drug-likeness (QED) is 0.622. The molecule has 0 saturated heterocycles. The molecule has 142 valence electrons. The zero-order valence-electron chi connectivity index (χ0n) is 13.8. The van der Waals surface area contributed by atoms with Gasteiger partial charge in [-0.15, -0.1) is 11.8 Å². The van der Waals surface area contributed by atoms with Gasteiger partial charge < -0.3 is 5.32 Å². The SMILES string of the molecule is O=C1CC(C(F)(F)F)N(C(=O)CSc2ccc(F)cc2)c2ccccc2N1. The first-order valence-electron chi connectivity index (χ1n) is 7.92. The van der Waals surface area contributed by atoms with Gasteiger partial charge in [0.2, 0.25) is 11.8 Å². The molecule has 9 heteroatoms. The van der Waals surface area contributed by atoms with Gasteiger partial charge in [0.25, 0.3) is 0 Å². The minimum atomic E-state index is -4.77. The highest BCUT2D eigenvalue weighted by molar-refractivity contribution is 8.00. The van der Waals surface area contributed by atoms with Crippen LogP contribution in [0.4, 0.5) is 28.9 Å². The number of hydrogen-bond acceptors (Lipinski definition) is 3. The Morgan fingerprint density at radius 1 is 1.15 bits per heavy atom. The molecule has 0 saturated carbocycles. The molecule has 1 aliphatic heterocycles. The van der Waals surface area contributed by atoms with Crippen LogP contribution in [0.15, 0.2) is 53.4 Å². The molecule has 4 nitrogen and oxygen atoms in total. The van der Waals surface area contributed by atoms with E-state index in [0.29, 0.717) is 9.80 Å². The lowest BCUT2D eigenvalue weighted by atomic mass is 10.1. The van der Waals surface area contributed by atoms with E-state index >= 15 is 0 Å². The Morgan fingerprint density at radius 2 is 1.81 bits per heavy atom. The van der Waals surface area contributed by atoms with Gasteiger partial charge in [0.15, 0.2) is 0 Å². The monoisotopic (exact) mass is 398 g/mol. The normalized spacial score (nSPS) is 17.1. The Labute approximate surface area is 156 Å². The molecule has 1 atom stereocenters. The fourth-order valence-corrected chi connectivity index (χ4v) is 3.50. The van der Waals surface area contributed by atoms with Crippen LogP contribution in [-0.4, -0.2) is 29.8 Å². The largest absolute Gasteiger partial charge is 0.409 e. The number of benzene rings is 2. The zero-order chi connectivity index (χ0) is 19.6. The number of hydrogen-bond donors (Lipinski definition) is 1. The molecule has 3 rings (SSSR count). The smallest absolute Gasteiger partial charge is 0.324 e. The molecule has 0 aromatic heterocycles. The van der Waals surface area contributed by atoms with E-state index in [-0.39, 0.29) is 17.1 Å². The second-order valence-electron chi connectivity index (χ2n) is 5.83. The number of para-hydroxylation sites is 2. The number of halogens is 4. The van der Waals surface area contributed by atoms with Gasteiger partial charge in [-0.05, 0) is 36.4 Å². The third-order valence-electron chi connectivity index (χ3n) is 3.95. The van der Waals surface area contributed by atoms with Crippen LogP contribution in [-0.2, 0) is 9.59 Å². The van der Waals surface area contributed by atoms with Gasteiger partial charge in [0, 0.05) is 4.90 Å². The van der Waals surface area contributed by atoms with Crippen molar-refractivity contribution < 1.29 is 27.2 Å². The molecule has 0 spiro atoms. The molecular weight excluding hydrogens is 384 g/mol. The van der Waals surface area contributed by atoms with Crippen LogP contribution < -0.4 is 10.2 Å². The van der Waals surface area contributed by atoms with Crippen molar-refractivity contribution in [2.45, 2.75) is 23.5 Å². The van der Waals surface area contributed by atoms with Gasteiger partial charge in [-0.3, -0.25) is 14.5 Å². The Hall–Kier alpha value is -2.55. The van der Waals surface area contributed by atoms with Gasteiger partial charge >= 0.3 is 6.18 Å². The number of carbonyl (C=O) groups is 2. The molecule has 1 heterocycles. The van der Waals surface area contributed by atoms with Gasteiger partial charge in [0.1, 0.15) is 11.9 Å². The maximum Gasteiger partial charge on any atom is 0.409 e. The Bertz CT molecular complexity index is 855. The molecular formula is C18H14F4N2O2S. The third kappa shape index (κ3) is 4.41. The summed E-state index contributed by atoms with van der Waals surface area (Å²) in [6, 6.07) is 8.89. The number of anilines is 2. The summed E-state index contributed by atoms with van der Waals surface area (Å²) in [4.78, 5) is 25.8. The van der Waals surface area contributed by atoms with Crippen LogP contribution in [0.2, 0.25) is 0 Å². The van der Waals surface area contributed by atoms with Gasteiger partial charge in [-0.2, -0.15) is 13.2 Å². The van der Waals surface area contributed by atoms with Gasteiger partial charge in [0.05, 0.1) is 23.5 Å². The fraction of sp³-hybridized carbons (Fsp3) is 0.222. The van der Waals surface area contributed by atoms with Crippen LogP contribution in [0.3, 0.4) is 0 Å². The summed E-state index contributed by atoms with van der Waals surface area (Å²) >= 11 is 0.995. The van der Waals surface area contributed by atoms with Crippen molar-refractivity contribution in [3.63, 3.8) is 0 Å². The minimum absolute atomic E-state index is 0.00428. The van der Waals surface area contributed by atoms with E-state index in [1.165, 1.54) is 42.5 Å². The molecule has 0 fully saturated rings. The molecule has 1 aliphatic rings. The highest BCUT2D eigenvalue weighted by Gasteiger charge is 2.48. The lowest BCUT2D eigenvalue weighted by molar-refractivity contribution is -0.157. The first-order chi connectivity index (χ1) is 12.8. The first-order valence-corrected chi connectivity index (χ1v) is 8.90. The van der Waals surface area contributed by atoms with Crippen LogP contribution in [0.5, 0.6) is 0 Å². The van der Waals surface area contributed by atoms with Crippen LogP contribution in [0, 0.1) is 5.82 Å². The Kier molecular flexibility index (Phi) is 5.41. The third-order valence-corrected chi connectivity index (χ3v) is 4.95. The van der Waals surface area contributed by atoms with Crippen molar-refractivity contribution in [1.29, 1.82) is 0 Å². The van der Waals surface area contributed by atoms with Crippen molar-refractivity contribution in [1.82, 2.24) is 0 Å². The standard InChI is InChI=1S/C18H14F4N2O2S/c19-11-5-7-12(8-6-11)27-10-17(26)24-14-4-2-1-3-13(14)23-16(25)9-15(24)18(20,21)22/h1-8,15H,9-10H2,(H,23,25). The highest BCUT2D eigenvalue weighted by atomic mass is 32.2. The van der Waals surface area contributed by atoms with Crippen LogP contribution in [0.25, 0.3) is 0 Å². The van der Waals surface area contributed by atoms with Crippen molar-refractivity contribution in [3.05, 3.63) is 54.3 Å². The van der Waals surface area contributed by atoms with Crippen molar-refractivity contribution >= 4 is 35.0 Å². The fourth-order valence-electron chi connectivity index (χ4n) is 2.74. The Balaban J connectivity index is 1.91. The van der Waals surface area contributed by atoms with Crippen molar-refractivity contribution in [2.75, 3.05) is 16.0 Å². The van der Waals surface area contributed by atoms with Gasteiger partial charge in [-0.25, -0.2) is 4.39 Å². The van der Waals surface area contributed by atoms with E-state index in [0.717, 1.165) is 11.8 Å². The van der Waals surface area contributed by atoms with Gasteiger partial charge in [-0.1, -0.05) is 12.1 Å². The molecule has 0 radical (unpaired) electrons. The number of rotatable bonds is 3. The number of nitrogens with zero attached hydrogens (tertiary/aromatic N) is 1. The summed E-state index contributed by atoms with van der Waals surface area (Å²) in [6.45, 7) is 0. The number of thioether (sulfide) groups is 1. The molecule has 0 aliphatic carbocycles. The lowest BCUT2D eigenvalue weighted by Crippen LogP contribution is -2.50. The predicted octanol–water partition coefficient (Wildman–Crippen LogP) is 4.22. The topological polar surface area (TPSA) is 49.4 Å². The number of nitrogens with one attached hydrogen (secondary N) is 1. The van der Waals surface area contributed by atoms with E-state index in [1.807, 2.05) is 0 Å². The summed E-state index contributed by atoms with van der Waals surface area (Å²) < 4.78 is 53.7. The van der Waals surface area contributed by atoms with Crippen molar-refractivity contribution in [3.8, 4) is 0 Å². The van der Waals surface area contributed by atoms with Crippen LogP contribution in [0.1, 0.15) is 6.42 Å². The average Bonchev–Trinajstić information content (AvgIpc) is 2.76. The zero-order valence-corrected chi connectivity index (χ0v) is 14.6. The summed E-state index contributed by atoms with van der Waals surface area (Å²) in [6.07, 6.45) is -5.66. The van der Waals surface area contributed by atoms with Crippen molar-refractivity contribution in [2.24, 2.45) is 0 Å². The first kappa shape index (κ1) is 19.2. The molecule has 2 amide bonds. The van der Waals surface area contributed by atoms with E-state index in [9.17, 15) is 27.2 Å². The average molecular weight is 398 g/mol. The second kappa shape index (κ2) is 7.59. The molecule has 1 N–H and O–H groups in total. The number of amides is 2. The van der Waals surface area contributed by atoms with Crippen LogP contribution >= 0.6 is 11.8 Å². The summed E-state index contributed by atoms with van der Waals surface area (Å²) in [5.74, 6) is -2.35. The lowest BCUT2D eigenvalue weighted by Gasteiger charge is -2.31. The van der Waals surface area contributed by atoms with E-state index in [4.69, 9.17) is 0 Å². The number of alkyl halides is 3. The minimum Gasteiger partial charge on any atom is -0.324 e. The maximum atomic E-state index is 13.6. The summed E-state index contributed by atoms with van der Waals surface area (Å²) in [5, 5.41) is 2.41. The number of fused-ring (bicyclic) bond motifs is 1. The second-order valence-corrected chi connectivity index (χ2v) is 6.88. The molecule has 0 bridgehead atoms. The number of carbonyl (C=O) groups excluding carboxylic acids is 2. The van der Waals surface area contributed by atoms with E-state index < -0.39 is 36.3 Å². The summed E-state index contributed by atoms with van der Waals surface area (Å²) in [7, 11) is 0. The molecule has 1 unspecified atom stereocenters.